The van der Waals surface area contributed by atoms with Gasteiger partial charge in [0.05, 0.1) is 12.2 Å². The number of hydrogen-bond acceptors (Lipinski definition) is 5. The standard InChI is InChI=1S/C31H38N2O3/c1-3-4-10-26(34)20-35-27-15-13-23(14-16-27)30-19-32-31(36-30)25-12-11-24-17-28(21(2)33-29(24)18-25)22-8-6-5-7-9-22/h11-16,18,22,28,30H,3-10,17,19-20H2,1-2H3/t28-,30?/m0/s1. The van der Waals surface area contributed by atoms with Gasteiger partial charge in [-0.3, -0.25) is 9.79 Å². The van der Waals surface area contributed by atoms with E-state index in [2.05, 4.69) is 32.0 Å². The summed E-state index contributed by atoms with van der Waals surface area (Å²) in [7, 11) is 0. The summed E-state index contributed by atoms with van der Waals surface area (Å²) in [5, 5.41) is 0. The Labute approximate surface area is 215 Å². The molecule has 5 nitrogen and oxygen atoms in total. The molecule has 2 aromatic rings. The highest BCUT2D eigenvalue weighted by molar-refractivity contribution is 5.97. The van der Waals surface area contributed by atoms with Crippen molar-refractivity contribution < 1.29 is 14.3 Å². The molecule has 2 atom stereocenters. The van der Waals surface area contributed by atoms with Gasteiger partial charge >= 0.3 is 0 Å². The van der Waals surface area contributed by atoms with Gasteiger partial charge in [0.1, 0.15) is 18.5 Å². The van der Waals surface area contributed by atoms with Crippen LogP contribution in [0.25, 0.3) is 0 Å². The first-order valence-electron chi connectivity index (χ1n) is 13.7. The molecule has 2 aliphatic heterocycles. The van der Waals surface area contributed by atoms with Gasteiger partial charge in [0.15, 0.2) is 5.78 Å². The number of ether oxygens (including phenoxy) is 2. The fourth-order valence-corrected chi connectivity index (χ4v) is 5.77. The number of unbranched alkanes of at least 4 members (excludes halogenated alkanes) is 1. The van der Waals surface area contributed by atoms with Gasteiger partial charge in [-0.2, -0.15) is 0 Å². The zero-order valence-corrected chi connectivity index (χ0v) is 21.7. The van der Waals surface area contributed by atoms with E-state index in [1.165, 1.54) is 43.4 Å². The molecule has 0 bridgehead atoms. The van der Waals surface area contributed by atoms with E-state index >= 15 is 0 Å². The fraction of sp³-hybridized carbons (Fsp3) is 0.516. The molecule has 0 saturated heterocycles. The van der Waals surface area contributed by atoms with Crippen molar-refractivity contribution in [2.45, 2.75) is 77.7 Å². The number of rotatable bonds is 9. The molecule has 1 aliphatic carbocycles. The van der Waals surface area contributed by atoms with Crippen LogP contribution in [0.1, 0.15) is 88.0 Å². The van der Waals surface area contributed by atoms with Crippen LogP contribution in [0, 0.1) is 11.8 Å². The third-order valence-electron chi connectivity index (χ3n) is 7.94. The number of carbonyl (C=O) groups is 1. The maximum Gasteiger partial charge on any atom is 0.216 e. The summed E-state index contributed by atoms with van der Waals surface area (Å²) >= 11 is 0. The minimum atomic E-state index is -0.114. The van der Waals surface area contributed by atoms with E-state index in [0.717, 1.165) is 42.0 Å². The summed E-state index contributed by atoms with van der Waals surface area (Å²) in [5.74, 6) is 2.92. The number of nitrogens with zero attached hydrogens (tertiary/aromatic N) is 2. The monoisotopic (exact) mass is 486 g/mol. The minimum Gasteiger partial charge on any atom is -0.486 e. The van der Waals surface area contributed by atoms with Crippen molar-refractivity contribution in [1.82, 2.24) is 0 Å². The Bertz CT molecular complexity index is 1130. The Morgan fingerprint density at radius 1 is 1.08 bits per heavy atom. The van der Waals surface area contributed by atoms with Gasteiger partial charge in [-0.1, -0.05) is 50.8 Å². The molecule has 1 fully saturated rings. The van der Waals surface area contributed by atoms with Crippen molar-refractivity contribution in [2.75, 3.05) is 13.2 Å². The Morgan fingerprint density at radius 3 is 2.67 bits per heavy atom. The van der Waals surface area contributed by atoms with Crippen molar-refractivity contribution in [2.24, 2.45) is 21.8 Å². The lowest BCUT2D eigenvalue weighted by Gasteiger charge is -2.33. The van der Waals surface area contributed by atoms with Crippen LogP contribution < -0.4 is 4.74 Å². The molecular weight excluding hydrogens is 448 g/mol. The predicted octanol–water partition coefficient (Wildman–Crippen LogP) is 7.19. The molecule has 0 N–H and O–H groups in total. The van der Waals surface area contributed by atoms with Crippen molar-refractivity contribution in [3.8, 4) is 5.75 Å². The van der Waals surface area contributed by atoms with E-state index < -0.39 is 0 Å². The van der Waals surface area contributed by atoms with Crippen LogP contribution in [0.3, 0.4) is 0 Å². The van der Waals surface area contributed by atoms with Gasteiger partial charge < -0.3 is 9.47 Å². The second-order valence-electron chi connectivity index (χ2n) is 10.6. The molecule has 5 heteroatoms. The lowest BCUT2D eigenvalue weighted by Crippen LogP contribution is -2.28. The maximum atomic E-state index is 11.9. The minimum absolute atomic E-state index is 0.114. The molecular formula is C31H38N2O3. The van der Waals surface area contributed by atoms with E-state index in [1.54, 1.807) is 0 Å². The summed E-state index contributed by atoms with van der Waals surface area (Å²) in [5.41, 5.74) is 5.75. The molecule has 1 unspecified atom stereocenters. The first-order chi connectivity index (χ1) is 17.6. The maximum absolute atomic E-state index is 11.9. The van der Waals surface area contributed by atoms with Crippen LogP contribution >= 0.6 is 0 Å². The van der Waals surface area contributed by atoms with Crippen LogP contribution in [-0.4, -0.2) is 30.5 Å². The number of aliphatic imine (C=N–C) groups is 2. The summed E-state index contributed by atoms with van der Waals surface area (Å²) < 4.78 is 11.9. The van der Waals surface area contributed by atoms with Crippen LogP contribution in [0.2, 0.25) is 0 Å². The van der Waals surface area contributed by atoms with Gasteiger partial charge in [-0.05, 0) is 73.9 Å². The zero-order valence-electron chi connectivity index (χ0n) is 21.7. The summed E-state index contributed by atoms with van der Waals surface area (Å²) in [4.78, 5) is 21.6. The molecule has 2 heterocycles. The van der Waals surface area contributed by atoms with Gasteiger partial charge in [0.2, 0.25) is 5.90 Å². The highest BCUT2D eigenvalue weighted by atomic mass is 16.5. The summed E-state index contributed by atoms with van der Waals surface area (Å²) in [6.07, 6.45) is 10.3. The number of fused-ring (bicyclic) bond motifs is 1. The average molecular weight is 487 g/mol. The molecule has 190 valence electrons. The van der Waals surface area contributed by atoms with Crippen LogP contribution in [0.5, 0.6) is 5.75 Å². The lowest BCUT2D eigenvalue weighted by molar-refractivity contribution is -0.121. The van der Waals surface area contributed by atoms with E-state index in [4.69, 9.17) is 19.5 Å². The van der Waals surface area contributed by atoms with Gasteiger partial charge in [0.25, 0.3) is 0 Å². The Morgan fingerprint density at radius 2 is 1.89 bits per heavy atom. The van der Waals surface area contributed by atoms with E-state index in [-0.39, 0.29) is 18.5 Å². The fourth-order valence-electron chi connectivity index (χ4n) is 5.77. The third kappa shape index (κ3) is 5.71. The number of carbonyl (C=O) groups excluding carboxylic acids is 1. The Hall–Kier alpha value is -2.95. The van der Waals surface area contributed by atoms with Crippen molar-refractivity contribution in [1.29, 1.82) is 0 Å². The van der Waals surface area contributed by atoms with E-state index in [0.29, 0.717) is 30.5 Å². The van der Waals surface area contributed by atoms with Crippen LogP contribution in [-0.2, 0) is 16.0 Å². The largest absolute Gasteiger partial charge is 0.486 e. The first-order valence-corrected chi connectivity index (χ1v) is 13.7. The molecule has 0 aromatic heterocycles. The molecule has 2 aromatic carbocycles. The first kappa shape index (κ1) is 24.7. The Balaban J connectivity index is 1.19. The van der Waals surface area contributed by atoms with Gasteiger partial charge in [0, 0.05) is 23.6 Å². The smallest absolute Gasteiger partial charge is 0.216 e. The quantitative estimate of drug-likeness (QED) is 0.377. The average Bonchev–Trinajstić information content (AvgIpc) is 3.41. The molecule has 0 spiro atoms. The molecule has 36 heavy (non-hydrogen) atoms. The second-order valence-corrected chi connectivity index (χ2v) is 10.6. The summed E-state index contributed by atoms with van der Waals surface area (Å²) in [6, 6.07) is 14.3. The number of Topliss-reactive ketones (excluding diaryl/α,β-unsaturated/α-hetero) is 1. The Kier molecular flexibility index (Phi) is 7.84. The van der Waals surface area contributed by atoms with Crippen LogP contribution in [0.4, 0.5) is 5.69 Å². The normalized spacial score (nSPS) is 21.8. The highest BCUT2D eigenvalue weighted by Gasteiger charge is 2.30. The predicted molar refractivity (Wildman–Crippen MR) is 145 cm³/mol. The van der Waals surface area contributed by atoms with E-state index in [9.17, 15) is 4.79 Å². The zero-order chi connectivity index (χ0) is 24.9. The number of ketones is 1. The number of benzene rings is 2. The second kappa shape index (κ2) is 11.4. The molecule has 3 aliphatic rings. The van der Waals surface area contributed by atoms with E-state index in [1.807, 2.05) is 24.3 Å². The molecule has 0 radical (unpaired) electrons. The lowest BCUT2D eigenvalue weighted by atomic mass is 9.74. The number of hydrogen-bond donors (Lipinski definition) is 0. The molecule has 1 saturated carbocycles. The summed E-state index contributed by atoms with van der Waals surface area (Å²) in [6.45, 7) is 5.02. The molecule has 5 rings (SSSR count). The van der Waals surface area contributed by atoms with Crippen LogP contribution in [0.15, 0.2) is 52.4 Å². The SMILES string of the molecule is CCCCC(=O)COc1ccc(C2CN=C(c3ccc4c(c3)N=C(C)[C@@H](C3CCCCC3)C4)O2)cc1. The topological polar surface area (TPSA) is 60.2 Å². The van der Waals surface area contributed by atoms with Crippen molar-refractivity contribution >= 4 is 23.1 Å². The van der Waals surface area contributed by atoms with Crippen molar-refractivity contribution in [3.05, 3.63) is 59.2 Å². The highest BCUT2D eigenvalue weighted by Crippen LogP contribution is 2.39. The van der Waals surface area contributed by atoms with Crippen molar-refractivity contribution in [3.63, 3.8) is 0 Å². The van der Waals surface area contributed by atoms with Gasteiger partial charge in [-0.15, -0.1) is 0 Å². The third-order valence-corrected chi connectivity index (χ3v) is 7.94. The molecule has 0 amide bonds. The van der Waals surface area contributed by atoms with Gasteiger partial charge in [-0.25, -0.2) is 4.99 Å².